The van der Waals surface area contributed by atoms with Crippen molar-refractivity contribution >= 4 is 21.9 Å². The third kappa shape index (κ3) is 2.01. The SMILES string of the molecule is COc1cc2oc3ccc(OC)c(O)c3c(=O)c2c(O)c1OC. The first kappa shape index (κ1) is 14.8. The van der Waals surface area contributed by atoms with Crippen molar-refractivity contribution in [2.75, 3.05) is 21.3 Å². The lowest BCUT2D eigenvalue weighted by molar-refractivity contribution is 0.334. The Bertz CT molecular complexity index is 972. The molecule has 120 valence electrons. The molecule has 3 rings (SSSR count). The van der Waals surface area contributed by atoms with Crippen molar-refractivity contribution in [2.24, 2.45) is 0 Å². The van der Waals surface area contributed by atoms with E-state index in [0.29, 0.717) is 0 Å². The van der Waals surface area contributed by atoms with E-state index in [1.54, 1.807) is 0 Å². The van der Waals surface area contributed by atoms with E-state index < -0.39 is 11.2 Å². The molecule has 7 heteroatoms. The number of hydrogen-bond donors (Lipinski definition) is 2. The molecule has 7 nitrogen and oxygen atoms in total. The van der Waals surface area contributed by atoms with Gasteiger partial charge < -0.3 is 28.8 Å². The van der Waals surface area contributed by atoms with Gasteiger partial charge in [0.25, 0.3) is 0 Å². The van der Waals surface area contributed by atoms with E-state index >= 15 is 0 Å². The highest BCUT2D eigenvalue weighted by Crippen LogP contribution is 2.43. The van der Waals surface area contributed by atoms with Gasteiger partial charge in [-0.3, -0.25) is 4.79 Å². The second-order valence-electron chi connectivity index (χ2n) is 4.75. The Morgan fingerprint density at radius 1 is 0.870 bits per heavy atom. The van der Waals surface area contributed by atoms with Gasteiger partial charge in [0.2, 0.25) is 11.2 Å². The zero-order chi connectivity index (χ0) is 16.7. The number of aromatic hydroxyl groups is 2. The molecule has 3 aromatic rings. The summed E-state index contributed by atoms with van der Waals surface area (Å²) in [5.74, 6) is -0.412. The molecule has 0 unspecified atom stereocenters. The summed E-state index contributed by atoms with van der Waals surface area (Å²) in [5.41, 5.74) is -0.328. The lowest BCUT2D eigenvalue weighted by atomic mass is 10.1. The average Bonchev–Trinajstić information content (AvgIpc) is 2.54. The van der Waals surface area contributed by atoms with Crippen molar-refractivity contribution in [1.29, 1.82) is 0 Å². The van der Waals surface area contributed by atoms with E-state index in [1.165, 1.54) is 39.5 Å². The van der Waals surface area contributed by atoms with Crippen LogP contribution < -0.4 is 19.6 Å². The van der Waals surface area contributed by atoms with Gasteiger partial charge in [-0.25, -0.2) is 0 Å². The van der Waals surface area contributed by atoms with Gasteiger partial charge in [0.05, 0.1) is 21.3 Å². The number of methoxy groups -OCH3 is 3. The molecule has 0 radical (unpaired) electrons. The third-order valence-corrected chi connectivity index (χ3v) is 3.60. The second-order valence-corrected chi connectivity index (χ2v) is 4.75. The van der Waals surface area contributed by atoms with Crippen molar-refractivity contribution in [3.8, 4) is 28.7 Å². The lowest BCUT2D eigenvalue weighted by Gasteiger charge is -2.12. The van der Waals surface area contributed by atoms with E-state index in [4.69, 9.17) is 18.6 Å². The first-order chi connectivity index (χ1) is 11.0. The molecular weight excluding hydrogens is 304 g/mol. The maximum absolute atomic E-state index is 12.7. The van der Waals surface area contributed by atoms with Crippen LogP contribution in [0, 0.1) is 0 Å². The van der Waals surface area contributed by atoms with Crippen LogP contribution in [0.2, 0.25) is 0 Å². The molecule has 0 bridgehead atoms. The molecule has 2 N–H and O–H groups in total. The fourth-order valence-corrected chi connectivity index (χ4v) is 2.52. The summed E-state index contributed by atoms with van der Waals surface area (Å²) in [5, 5.41) is 20.3. The Morgan fingerprint density at radius 2 is 1.52 bits per heavy atom. The molecule has 0 fully saturated rings. The van der Waals surface area contributed by atoms with Crippen LogP contribution in [-0.2, 0) is 0 Å². The van der Waals surface area contributed by atoms with Gasteiger partial charge in [-0.15, -0.1) is 0 Å². The highest BCUT2D eigenvalue weighted by molar-refractivity contribution is 5.98. The first-order valence-electron chi connectivity index (χ1n) is 6.63. The summed E-state index contributed by atoms with van der Waals surface area (Å²) in [6.45, 7) is 0. The van der Waals surface area contributed by atoms with E-state index in [1.807, 2.05) is 0 Å². The molecule has 0 atom stereocenters. The zero-order valence-corrected chi connectivity index (χ0v) is 12.7. The van der Waals surface area contributed by atoms with Gasteiger partial charge in [-0.1, -0.05) is 0 Å². The predicted octanol–water partition coefficient (Wildman–Crippen LogP) is 2.38. The molecular formula is C16H14O7. The molecule has 0 aliphatic rings. The Labute approximate surface area is 130 Å². The van der Waals surface area contributed by atoms with E-state index in [9.17, 15) is 15.0 Å². The van der Waals surface area contributed by atoms with Gasteiger partial charge in [-0.2, -0.15) is 0 Å². The number of benzene rings is 2. The number of rotatable bonds is 3. The van der Waals surface area contributed by atoms with Crippen LogP contribution in [-0.4, -0.2) is 31.5 Å². The summed E-state index contributed by atoms with van der Waals surface area (Å²) >= 11 is 0. The summed E-state index contributed by atoms with van der Waals surface area (Å²) in [7, 11) is 4.11. The van der Waals surface area contributed by atoms with Gasteiger partial charge in [0.15, 0.2) is 23.0 Å². The number of hydrogen-bond acceptors (Lipinski definition) is 7. The van der Waals surface area contributed by atoms with Gasteiger partial charge >= 0.3 is 0 Å². The Hall–Kier alpha value is -3.09. The van der Waals surface area contributed by atoms with Crippen molar-refractivity contribution in [3.05, 3.63) is 28.4 Å². The topological polar surface area (TPSA) is 98.4 Å². The Morgan fingerprint density at radius 3 is 2.13 bits per heavy atom. The molecule has 0 amide bonds. The first-order valence-corrected chi connectivity index (χ1v) is 6.63. The largest absolute Gasteiger partial charge is 0.504 e. The molecule has 2 aromatic carbocycles. The predicted molar refractivity (Wildman–Crippen MR) is 83.0 cm³/mol. The standard InChI is InChI=1S/C16H14O7/c1-20-8-5-4-7-11(13(8)17)14(18)12-9(23-7)6-10(21-2)16(22-3)15(12)19/h4-6,17,19H,1-3H3. The van der Waals surface area contributed by atoms with Crippen LogP contribution in [0.15, 0.2) is 27.4 Å². The van der Waals surface area contributed by atoms with Crippen LogP contribution in [0.1, 0.15) is 0 Å². The molecule has 1 heterocycles. The minimum absolute atomic E-state index is 0.00837. The summed E-state index contributed by atoms with van der Waals surface area (Å²) in [6.07, 6.45) is 0. The number of fused-ring (bicyclic) bond motifs is 2. The van der Waals surface area contributed by atoms with Gasteiger partial charge in [-0.05, 0) is 12.1 Å². The van der Waals surface area contributed by atoms with Crippen LogP contribution in [0.4, 0.5) is 0 Å². The highest BCUT2D eigenvalue weighted by Gasteiger charge is 2.22. The second kappa shape index (κ2) is 5.28. The van der Waals surface area contributed by atoms with E-state index in [-0.39, 0.29) is 44.9 Å². The van der Waals surface area contributed by atoms with Crippen LogP contribution in [0.5, 0.6) is 28.7 Å². The minimum Gasteiger partial charge on any atom is -0.504 e. The maximum Gasteiger partial charge on any atom is 0.208 e. The Kier molecular flexibility index (Phi) is 3.40. The zero-order valence-electron chi connectivity index (χ0n) is 12.7. The van der Waals surface area contributed by atoms with Crippen LogP contribution in [0.3, 0.4) is 0 Å². The van der Waals surface area contributed by atoms with Crippen LogP contribution >= 0.6 is 0 Å². The van der Waals surface area contributed by atoms with Crippen molar-refractivity contribution < 1.29 is 28.8 Å². The normalized spacial score (nSPS) is 10.9. The fourth-order valence-electron chi connectivity index (χ4n) is 2.52. The van der Waals surface area contributed by atoms with Crippen LogP contribution in [0.25, 0.3) is 21.9 Å². The highest BCUT2D eigenvalue weighted by atomic mass is 16.5. The summed E-state index contributed by atoms with van der Waals surface area (Å²) in [6, 6.07) is 4.42. The van der Waals surface area contributed by atoms with E-state index in [2.05, 4.69) is 0 Å². The smallest absolute Gasteiger partial charge is 0.208 e. The van der Waals surface area contributed by atoms with Crippen molar-refractivity contribution in [1.82, 2.24) is 0 Å². The molecule has 0 spiro atoms. The molecule has 0 saturated heterocycles. The number of phenolic OH excluding ortho intramolecular Hbond substituents is 2. The van der Waals surface area contributed by atoms with Crippen molar-refractivity contribution in [2.45, 2.75) is 0 Å². The van der Waals surface area contributed by atoms with E-state index in [0.717, 1.165) is 0 Å². The summed E-state index contributed by atoms with van der Waals surface area (Å²) in [4.78, 5) is 12.7. The maximum atomic E-state index is 12.7. The molecule has 0 aliphatic carbocycles. The molecule has 0 aliphatic heterocycles. The monoisotopic (exact) mass is 318 g/mol. The summed E-state index contributed by atoms with van der Waals surface area (Å²) < 4.78 is 20.8. The third-order valence-electron chi connectivity index (χ3n) is 3.60. The minimum atomic E-state index is -0.601. The fraction of sp³-hybridized carbons (Fsp3) is 0.188. The Balaban J connectivity index is 2.55. The van der Waals surface area contributed by atoms with Gasteiger partial charge in [0.1, 0.15) is 21.9 Å². The number of ether oxygens (including phenoxy) is 3. The quantitative estimate of drug-likeness (QED) is 0.715. The lowest BCUT2D eigenvalue weighted by Crippen LogP contribution is -2.05. The molecule has 23 heavy (non-hydrogen) atoms. The van der Waals surface area contributed by atoms with Gasteiger partial charge in [0, 0.05) is 6.07 Å². The molecule has 1 aromatic heterocycles. The average molecular weight is 318 g/mol. The van der Waals surface area contributed by atoms with Crippen molar-refractivity contribution in [3.63, 3.8) is 0 Å². The molecule has 0 saturated carbocycles. The number of phenols is 2.